The molecule has 1 aromatic heterocycles. The molecule has 1 unspecified atom stereocenters. The minimum absolute atomic E-state index is 0.346. The van der Waals surface area contributed by atoms with Crippen LogP contribution in [0.1, 0.15) is 46.6 Å². The number of rotatable bonds is 7. The molecule has 3 rings (SSSR count). The molecule has 1 aliphatic rings. The maximum Gasteiger partial charge on any atom is 0.335 e. The summed E-state index contributed by atoms with van der Waals surface area (Å²) >= 11 is 1.82. The van der Waals surface area contributed by atoms with Crippen molar-refractivity contribution >= 4 is 17.3 Å². The first-order valence-corrected chi connectivity index (χ1v) is 9.82. The third-order valence-corrected chi connectivity index (χ3v) is 5.94. The lowest BCUT2D eigenvalue weighted by atomic mass is 9.97. The number of carbonyl (C=O) groups is 1. The van der Waals surface area contributed by atoms with Crippen LogP contribution in [-0.2, 0) is 6.54 Å². The smallest absolute Gasteiger partial charge is 0.335 e. The maximum absolute atomic E-state index is 11.1. The molecule has 4 nitrogen and oxygen atoms in total. The second kappa shape index (κ2) is 8.61. The lowest BCUT2D eigenvalue weighted by Gasteiger charge is -2.36. The summed E-state index contributed by atoms with van der Waals surface area (Å²) in [6.07, 6.45) is 2.53. The van der Waals surface area contributed by atoms with Crippen LogP contribution in [-0.4, -0.2) is 35.6 Å². The van der Waals surface area contributed by atoms with Crippen LogP contribution in [0.2, 0.25) is 0 Å². The first-order valence-electron chi connectivity index (χ1n) is 8.94. The lowest BCUT2D eigenvalue weighted by molar-refractivity contribution is 0.0696. The molecule has 0 aliphatic carbocycles. The van der Waals surface area contributed by atoms with Gasteiger partial charge in [0.2, 0.25) is 0 Å². The molecule has 1 aromatic carbocycles. The van der Waals surface area contributed by atoms with Crippen LogP contribution in [0.5, 0.6) is 0 Å². The number of hydrogen-bond donors (Lipinski definition) is 2. The van der Waals surface area contributed by atoms with E-state index in [-0.39, 0.29) is 0 Å². The second-order valence-corrected chi connectivity index (χ2v) is 7.87. The van der Waals surface area contributed by atoms with Gasteiger partial charge < -0.3 is 10.4 Å². The second-order valence-electron chi connectivity index (χ2n) is 6.89. The van der Waals surface area contributed by atoms with Crippen LogP contribution in [0.25, 0.3) is 0 Å². The van der Waals surface area contributed by atoms with Crippen LogP contribution < -0.4 is 5.32 Å². The highest BCUT2D eigenvalue weighted by atomic mass is 32.1. The van der Waals surface area contributed by atoms with Crippen LogP contribution in [0.3, 0.4) is 0 Å². The number of carboxylic acids is 1. The number of likely N-dealkylation sites (tertiary alicyclic amines) is 1. The van der Waals surface area contributed by atoms with Crippen LogP contribution in [0.4, 0.5) is 0 Å². The molecule has 0 radical (unpaired) electrons. The molecule has 5 heteroatoms. The molecule has 2 N–H and O–H groups in total. The number of piperidine rings is 1. The average molecular weight is 359 g/mol. The average Bonchev–Trinajstić information content (AvgIpc) is 3.14. The topological polar surface area (TPSA) is 52.6 Å². The molecule has 1 saturated heterocycles. The summed E-state index contributed by atoms with van der Waals surface area (Å²) in [6, 6.07) is 11.9. The van der Waals surface area contributed by atoms with Gasteiger partial charge in [-0.15, -0.1) is 11.3 Å². The highest BCUT2D eigenvalue weighted by molar-refractivity contribution is 7.10. The minimum atomic E-state index is -0.874. The van der Waals surface area contributed by atoms with Crippen molar-refractivity contribution in [1.29, 1.82) is 0 Å². The molecule has 2 aromatic rings. The molecule has 0 spiro atoms. The maximum atomic E-state index is 11.1. The largest absolute Gasteiger partial charge is 0.478 e. The van der Waals surface area contributed by atoms with Gasteiger partial charge in [-0.25, -0.2) is 4.79 Å². The number of carboxylic acid groups (broad SMARTS) is 1. The summed E-state index contributed by atoms with van der Waals surface area (Å²) in [5, 5.41) is 14.8. The summed E-state index contributed by atoms with van der Waals surface area (Å²) in [5.41, 5.74) is 1.36. The van der Waals surface area contributed by atoms with E-state index >= 15 is 0 Å². The van der Waals surface area contributed by atoms with Crippen molar-refractivity contribution in [1.82, 2.24) is 10.2 Å². The Morgan fingerprint density at radius 2 is 2.12 bits per heavy atom. The van der Waals surface area contributed by atoms with Crippen molar-refractivity contribution in [3.63, 3.8) is 0 Å². The molecule has 1 atom stereocenters. The van der Waals surface area contributed by atoms with E-state index in [9.17, 15) is 4.79 Å². The Morgan fingerprint density at radius 1 is 1.32 bits per heavy atom. The Balaban J connectivity index is 1.61. The number of thiophene rings is 1. The number of aromatic carboxylic acids is 1. The number of benzene rings is 1. The molecule has 134 valence electrons. The van der Waals surface area contributed by atoms with E-state index < -0.39 is 5.97 Å². The third kappa shape index (κ3) is 4.91. The van der Waals surface area contributed by atoms with Gasteiger partial charge in [0.15, 0.2) is 0 Å². The van der Waals surface area contributed by atoms with Crippen molar-refractivity contribution in [3.8, 4) is 0 Å². The molecule has 25 heavy (non-hydrogen) atoms. The van der Waals surface area contributed by atoms with Crippen molar-refractivity contribution < 1.29 is 9.90 Å². The third-order valence-electron chi connectivity index (χ3n) is 4.97. The summed E-state index contributed by atoms with van der Waals surface area (Å²) in [7, 11) is 0. The van der Waals surface area contributed by atoms with E-state index in [0.717, 1.165) is 31.1 Å². The van der Waals surface area contributed by atoms with Crippen molar-refractivity contribution in [2.75, 3.05) is 19.6 Å². The predicted octanol–water partition coefficient (Wildman–Crippen LogP) is 4.01. The molecule has 2 heterocycles. The zero-order chi connectivity index (χ0) is 17.6. The van der Waals surface area contributed by atoms with Gasteiger partial charge in [-0.1, -0.05) is 25.1 Å². The normalized spacial score (nSPS) is 17.5. The first kappa shape index (κ1) is 18.1. The molecule has 1 fully saturated rings. The van der Waals surface area contributed by atoms with Crippen molar-refractivity contribution in [3.05, 3.63) is 57.8 Å². The Labute approximate surface area is 153 Å². The molecule has 0 saturated carbocycles. The first-order chi connectivity index (χ1) is 12.1. The van der Waals surface area contributed by atoms with Gasteiger partial charge in [-0.3, -0.25) is 4.90 Å². The molecular formula is C20H26N2O2S. The number of nitrogens with one attached hydrogen (secondary N) is 1. The minimum Gasteiger partial charge on any atom is -0.478 e. The predicted molar refractivity (Wildman–Crippen MR) is 102 cm³/mol. The van der Waals surface area contributed by atoms with E-state index in [1.54, 1.807) is 12.1 Å². The van der Waals surface area contributed by atoms with Gasteiger partial charge in [-0.05, 0) is 61.0 Å². The molecular weight excluding hydrogens is 332 g/mol. The van der Waals surface area contributed by atoms with E-state index in [1.807, 2.05) is 23.5 Å². The van der Waals surface area contributed by atoms with E-state index in [2.05, 4.69) is 34.7 Å². The molecule has 1 aliphatic heterocycles. The number of nitrogens with zero attached hydrogens (tertiary/aromatic N) is 1. The van der Waals surface area contributed by atoms with E-state index in [0.29, 0.717) is 18.2 Å². The van der Waals surface area contributed by atoms with Crippen LogP contribution in [0.15, 0.2) is 41.8 Å². The van der Waals surface area contributed by atoms with Crippen molar-refractivity contribution in [2.24, 2.45) is 5.92 Å². The fourth-order valence-corrected chi connectivity index (χ4v) is 4.26. The van der Waals surface area contributed by atoms with Crippen LogP contribution >= 0.6 is 11.3 Å². The van der Waals surface area contributed by atoms with Gasteiger partial charge in [0, 0.05) is 18.0 Å². The van der Waals surface area contributed by atoms with Gasteiger partial charge in [0.05, 0.1) is 11.6 Å². The van der Waals surface area contributed by atoms with Gasteiger partial charge in [-0.2, -0.15) is 0 Å². The highest BCUT2D eigenvalue weighted by Crippen LogP contribution is 2.29. The van der Waals surface area contributed by atoms with Crippen LogP contribution in [0, 0.1) is 5.92 Å². The summed E-state index contributed by atoms with van der Waals surface area (Å²) in [6.45, 7) is 6.21. The van der Waals surface area contributed by atoms with Gasteiger partial charge >= 0.3 is 5.97 Å². The summed E-state index contributed by atoms with van der Waals surface area (Å²) in [5.74, 6) is -0.0484. The summed E-state index contributed by atoms with van der Waals surface area (Å²) in [4.78, 5) is 15.1. The Kier molecular flexibility index (Phi) is 6.24. The highest BCUT2D eigenvalue weighted by Gasteiger charge is 2.25. The summed E-state index contributed by atoms with van der Waals surface area (Å²) < 4.78 is 0. The fourth-order valence-electron chi connectivity index (χ4n) is 3.40. The SMILES string of the molecule is CC1CCN(C(CNCc2cccc(C(=O)O)c2)c2cccs2)CC1. The fraction of sp³-hybridized carbons (Fsp3) is 0.450. The quantitative estimate of drug-likeness (QED) is 0.785. The zero-order valence-corrected chi connectivity index (χ0v) is 15.5. The lowest BCUT2D eigenvalue weighted by Crippen LogP contribution is -2.40. The van der Waals surface area contributed by atoms with Crippen molar-refractivity contribution in [2.45, 2.75) is 32.4 Å². The van der Waals surface area contributed by atoms with Gasteiger partial charge in [0.25, 0.3) is 0 Å². The van der Waals surface area contributed by atoms with Gasteiger partial charge in [0.1, 0.15) is 0 Å². The molecule has 0 amide bonds. The Hall–Kier alpha value is -1.69. The standard InChI is InChI=1S/C20H26N2O2S/c1-15-7-9-22(10-8-15)18(19-6-3-11-25-19)14-21-13-16-4-2-5-17(12-16)20(23)24/h2-6,11-12,15,18,21H,7-10,13-14H2,1H3,(H,23,24). The Bertz CT molecular complexity index is 679. The molecule has 0 bridgehead atoms. The van der Waals surface area contributed by atoms with E-state index in [4.69, 9.17) is 5.11 Å². The Morgan fingerprint density at radius 3 is 2.80 bits per heavy atom. The zero-order valence-electron chi connectivity index (χ0n) is 14.6. The monoisotopic (exact) mass is 358 g/mol. The van der Waals surface area contributed by atoms with E-state index in [1.165, 1.54) is 17.7 Å². The number of hydrogen-bond acceptors (Lipinski definition) is 4.